The van der Waals surface area contributed by atoms with Gasteiger partial charge in [0.1, 0.15) is 5.69 Å². The Kier molecular flexibility index (Phi) is 3.10. The Hall–Kier alpha value is -2.06. The molecule has 0 aliphatic heterocycles. The molecule has 0 spiro atoms. The van der Waals surface area contributed by atoms with Gasteiger partial charge in [0.15, 0.2) is 5.69 Å². The standard InChI is InChI=1S/C11H8N4O2S2/c16-11(17)9-10(8-2-1-3-18-8)15(14-13-9)5-7-4-12-6-19-7/h1-4,6H,5H2,(H,16,17). The summed E-state index contributed by atoms with van der Waals surface area (Å²) < 4.78 is 1.60. The molecule has 0 aliphatic carbocycles. The van der Waals surface area contributed by atoms with E-state index in [-0.39, 0.29) is 5.69 Å². The molecule has 0 radical (unpaired) electrons. The Labute approximate surface area is 116 Å². The van der Waals surface area contributed by atoms with Gasteiger partial charge in [-0.05, 0) is 11.4 Å². The molecular weight excluding hydrogens is 284 g/mol. The van der Waals surface area contributed by atoms with Crippen LogP contribution in [0.5, 0.6) is 0 Å². The second kappa shape index (κ2) is 4.90. The normalized spacial score (nSPS) is 10.7. The summed E-state index contributed by atoms with van der Waals surface area (Å²) in [5, 5.41) is 18.8. The fraction of sp³-hybridized carbons (Fsp3) is 0.0909. The molecule has 0 aromatic carbocycles. The molecule has 19 heavy (non-hydrogen) atoms. The van der Waals surface area contributed by atoms with Gasteiger partial charge in [0.25, 0.3) is 0 Å². The summed E-state index contributed by atoms with van der Waals surface area (Å²) in [4.78, 5) is 17.0. The summed E-state index contributed by atoms with van der Waals surface area (Å²) in [6.45, 7) is 0.470. The van der Waals surface area contributed by atoms with Crippen LogP contribution < -0.4 is 0 Å². The zero-order valence-corrected chi connectivity index (χ0v) is 11.2. The van der Waals surface area contributed by atoms with Gasteiger partial charge in [-0.15, -0.1) is 27.8 Å². The number of hydrogen-bond acceptors (Lipinski definition) is 6. The van der Waals surface area contributed by atoms with Crippen LogP contribution in [0.1, 0.15) is 15.4 Å². The number of rotatable bonds is 4. The number of hydrogen-bond donors (Lipinski definition) is 1. The molecule has 0 saturated heterocycles. The van der Waals surface area contributed by atoms with Crippen LogP contribution in [0.4, 0.5) is 0 Å². The predicted octanol–water partition coefficient (Wildman–Crippen LogP) is 2.21. The molecule has 0 unspecified atom stereocenters. The maximum atomic E-state index is 11.2. The lowest BCUT2D eigenvalue weighted by Crippen LogP contribution is -2.04. The first kappa shape index (κ1) is 12.0. The van der Waals surface area contributed by atoms with Gasteiger partial charge in [-0.1, -0.05) is 11.3 Å². The molecule has 6 nitrogen and oxygen atoms in total. The molecular formula is C11H8N4O2S2. The summed E-state index contributed by atoms with van der Waals surface area (Å²) in [6.07, 6.45) is 1.74. The molecule has 0 fully saturated rings. The summed E-state index contributed by atoms with van der Waals surface area (Å²) in [5.41, 5.74) is 2.25. The third-order valence-electron chi connectivity index (χ3n) is 2.48. The highest BCUT2D eigenvalue weighted by atomic mass is 32.1. The fourth-order valence-electron chi connectivity index (χ4n) is 1.69. The van der Waals surface area contributed by atoms with Crippen molar-refractivity contribution in [3.63, 3.8) is 0 Å². The van der Waals surface area contributed by atoms with E-state index in [9.17, 15) is 9.90 Å². The average Bonchev–Trinajstić information content (AvgIpc) is 3.09. The van der Waals surface area contributed by atoms with Crippen LogP contribution in [-0.2, 0) is 6.54 Å². The number of thiazole rings is 1. The van der Waals surface area contributed by atoms with Gasteiger partial charge in [0, 0.05) is 11.1 Å². The number of carboxylic acid groups (broad SMARTS) is 1. The number of aromatic nitrogens is 4. The maximum absolute atomic E-state index is 11.2. The van der Waals surface area contributed by atoms with Crippen molar-refractivity contribution in [2.24, 2.45) is 0 Å². The molecule has 0 bridgehead atoms. The van der Waals surface area contributed by atoms with E-state index in [4.69, 9.17) is 0 Å². The van der Waals surface area contributed by atoms with Crippen molar-refractivity contribution in [3.05, 3.63) is 39.8 Å². The van der Waals surface area contributed by atoms with E-state index in [1.54, 1.807) is 16.4 Å². The number of aromatic carboxylic acids is 1. The highest BCUT2D eigenvalue weighted by Crippen LogP contribution is 2.27. The molecule has 0 saturated carbocycles. The molecule has 96 valence electrons. The van der Waals surface area contributed by atoms with Crippen LogP contribution in [0, 0.1) is 0 Å². The fourth-order valence-corrected chi connectivity index (χ4v) is 3.04. The molecule has 3 rings (SSSR count). The van der Waals surface area contributed by atoms with Crippen LogP contribution in [0.2, 0.25) is 0 Å². The second-order valence-corrected chi connectivity index (χ2v) is 5.61. The lowest BCUT2D eigenvalue weighted by atomic mass is 10.2. The highest BCUT2D eigenvalue weighted by molar-refractivity contribution is 7.13. The second-order valence-electron chi connectivity index (χ2n) is 3.69. The summed E-state index contributed by atoms with van der Waals surface area (Å²) in [7, 11) is 0. The number of nitrogens with zero attached hydrogens (tertiary/aromatic N) is 4. The number of carboxylic acids is 1. The Bertz CT molecular complexity index is 688. The van der Waals surface area contributed by atoms with Gasteiger partial charge in [-0.25, -0.2) is 9.48 Å². The summed E-state index contributed by atoms with van der Waals surface area (Å²) in [5.74, 6) is -1.07. The lowest BCUT2D eigenvalue weighted by Gasteiger charge is -2.03. The van der Waals surface area contributed by atoms with Crippen molar-refractivity contribution >= 4 is 28.6 Å². The molecule has 3 aromatic heterocycles. The topological polar surface area (TPSA) is 80.9 Å². The largest absolute Gasteiger partial charge is 0.476 e. The summed E-state index contributed by atoms with van der Waals surface area (Å²) in [6, 6.07) is 3.73. The molecule has 0 aliphatic rings. The Morgan fingerprint density at radius 2 is 2.32 bits per heavy atom. The van der Waals surface area contributed by atoms with Gasteiger partial charge in [0.2, 0.25) is 0 Å². The van der Waals surface area contributed by atoms with Crippen molar-refractivity contribution in [3.8, 4) is 10.6 Å². The van der Waals surface area contributed by atoms with E-state index in [2.05, 4.69) is 15.3 Å². The monoisotopic (exact) mass is 292 g/mol. The van der Waals surface area contributed by atoms with Crippen molar-refractivity contribution in [1.29, 1.82) is 0 Å². The first-order valence-corrected chi connectivity index (χ1v) is 7.09. The first-order valence-electron chi connectivity index (χ1n) is 5.33. The molecule has 3 heterocycles. The quantitative estimate of drug-likeness (QED) is 0.797. The number of thiophene rings is 1. The van der Waals surface area contributed by atoms with Crippen LogP contribution in [0.25, 0.3) is 10.6 Å². The average molecular weight is 292 g/mol. The minimum absolute atomic E-state index is 0.0213. The van der Waals surface area contributed by atoms with E-state index >= 15 is 0 Å². The molecule has 3 aromatic rings. The minimum Gasteiger partial charge on any atom is -0.476 e. The van der Waals surface area contributed by atoms with E-state index < -0.39 is 5.97 Å². The van der Waals surface area contributed by atoms with Crippen molar-refractivity contribution in [2.45, 2.75) is 6.54 Å². The smallest absolute Gasteiger partial charge is 0.358 e. The van der Waals surface area contributed by atoms with Crippen molar-refractivity contribution < 1.29 is 9.90 Å². The zero-order valence-electron chi connectivity index (χ0n) is 9.55. The maximum Gasteiger partial charge on any atom is 0.358 e. The SMILES string of the molecule is O=C(O)c1nnn(Cc2cncs2)c1-c1cccs1. The lowest BCUT2D eigenvalue weighted by molar-refractivity contribution is 0.0691. The van der Waals surface area contributed by atoms with E-state index in [1.807, 2.05) is 17.5 Å². The number of carbonyl (C=O) groups is 1. The van der Waals surface area contributed by atoms with Gasteiger partial charge in [-0.2, -0.15) is 0 Å². The van der Waals surface area contributed by atoms with Gasteiger partial charge < -0.3 is 5.11 Å². The third kappa shape index (κ3) is 2.27. The van der Waals surface area contributed by atoms with E-state index in [1.165, 1.54) is 22.7 Å². The Balaban J connectivity index is 2.07. The van der Waals surface area contributed by atoms with Crippen LogP contribution >= 0.6 is 22.7 Å². The molecule has 1 N–H and O–H groups in total. The highest BCUT2D eigenvalue weighted by Gasteiger charge is 2.21. The minimum atomic E-state index is -1.07. The van der Waals surface area contributed by atoms with Crippen LogP contribution in [-0.4, -0.2) is 31.1 Å². The van der Waals surface area contributed by atoms with Crippen LogP contribution in [0.15, 0.2) is 29.2 Å². The van der Waals surface area contributed by atoms with Gasteiger partial charge >= 0.3 is 5.97 Å². The summed E-state index contributed by atoms with van der Waals surface area (Å²) >= 11 is 2.96. The third-order valence-corrected chi connectivity index (χ3v) is 4.12. The first-order chi connectivity index (χ1) is 9.25. The molecule has 8 heteroatoms. The zero-order chi connectivity index (χ0) is 13.2. The van der Waals surface area contributed by atoms with Crippen molar-refractivity contribution in [1.82, 2.24) is 20.0 Å². The van der Waals surface area contributed by atoms with Crippen LogP contribution in [0.3, 0.4) is 0 Å². The predicted molar refractivity (Wildman–Crippen MR) is 71.5 cm³/mol. The van der Waals surface area contributed by atoms with Gasteiger partial charge in [0.05, 0.1) is 16.9 Å². The Morgan fingerprint density at radius 1 is 1.42 bits per heavy atom. The molecule has 0 atom stereocenters. The van der Waals surface area contributed by atoms with Crippen molar-refractivity contribution in [2.75, 3.05) is 0 Å². The van der Waals surface area contributed by atoms with E-state index in [0.717, 1.165) is 9.75 Å². The Morgan fingerprint density at radius 3 is 2.95 bits per heavy atom. The molecule has 0 amide bonds. The van der Waals surface area contributed by atoms with E-state index in [0.29, 0.717) is 12.2 Å². The van der Waals surface area contributed by atoms with Gasteiger partial charge in [-0.3, -0.25) is 4.98 Å².